The van der Waals surface area contributed by atoms with Crippen LogP contribution < -0.4 is 0 Å². The first kappa shape index (κ1) is 11.3. The number of rotatable bonds is 4. The van der Waals surface area contributed by atoms with Crippen LogP contribution in [0.15, 0.2) is 29.2 Å². The van der Waals surface area contributed by atoms with Gasteiger partial charge < -0.3 is 0 Å². The van der Waals surface area contributed by atoms with E-state index in [4.69, 9.17) is 0 Å². The summed E-state index contributed by atoms with van der Waals surface area (Å²) in [5.74, 6) is 0.390. The van der Waals surface area contributed by atoms with Crippen molar-refractivity contribution in [2.45, 2.75) is 25.2 Å². The van der Waals surface area contributed by atoms with Gasteiger partial charge in [-0.15, -0.1) is 11.8 Å². The molecule has 0 aliphatic heterocycles. The lowest BCUT2D eigenvalue weighted by Gasteiger charge is -2.10. The van der Waals surface area contributed by atoms with Crippen molar-refractivity contribution >= 4 is 17.5 Å². The van der Waals surface area contributed by atoms with Crippen LogP contribution in [0.2, 0.25) is 0 Å². The monoisotopic (exact) mass is 208 g/mol. The Kier molecular flexibility index (Phi) is 4.21. The highest BCUT2D eigenvalue weighted by atomic mass is 32.2. The molecule has 0 bridgehead atoms. The van der Waals surface area contributed by atoms with Crippen molar-refractivity contribution in [2.24, 2.45) is 5.92 Å². The van der Waals surface area contributed by atoms with Crippen LogP contribution in [0.4, 0.5) is 0 Å². The maximum Gasteiger partial charge on any atom is 0.166 e. The summed E-state index contributed by atoms with van der Waals surface area (Å²) in [5.41, 5.74) is 0.870. The molecule has 1 aromatic rings. The number of benzene rings is 1. The molecule has 0 aliphatic rings. The molecule has 0 saturated heterocycles. The van der Waals surface area contributed by atoms with Crippen molar-refractivity contribution in [2.75, 3.05) is 6.26 Å². The Morgan fingerprint density at radius 1 is 1.43 bits per heavy atom. The zero-order chi connectivity index (χ0) is 10.6. The van der Waals surface area contributed by atoms with Crippen molar-refractivity contribution in [1.29, 1.82) is 0 Å². The molecule has 0 spiro atoms. The third-order valence-electron chi connectivity index (χ3n) is 2.43. The maximum absolute atomic E-state index is 11.9. The molecule has 1 unspecified atom stereocenters. The predicted molar refractivity (Wildman–Crippen MR) is 62.0 cm³/mol. The van der Waals surface area contributed by atoms with Gasteiger partial charge in [-0.1, -0.05) is 32.0 Å². The van der Waals surface area contributed by atoms with Crippen molar-refractivity contribution in [1.82, 2.24) is 0 Å². The van der Waals surface area contributed by atoms with Crippen molar-refractivity contribution in [3.63, 3.8) is 0 Å². The highest BCUT2D eigenvalue weighted by Gasteiger charge is 2.15. The molecule has 0 heterocycles. The van der Waals surface area contributed by atoms with E-state index < -0.39 is 0 Å². The quantitative estimate of drug-likeness (QED) is 0.555. The fourth-order valence-corrected chi connectivity index (χ4v) is 1.90. The first-order valence-corrected chi connectivity index (χ1v) is 6.10. The molecule has 1 nitrogen and oxygen atoms in total. The Morgan fingerprint density at radius 3 is 2.64 bits per heavy atom. The van der Waals surface area contributed by atoms with E-state index in [0.717, 1.165) is 16.9 Å². The summed E-state index contributed by atoms with van der Waals surface area (Å²) in [5, 5.41) is 0. The van der Waals surface area contributed by atoms with E-state index in [-0.39, 0.29) is 11.7 Å². The molecule has 0 aliphatic carbocycles. The fraction of sp³-hybridized carbons (Fsp3) is 0.417. The molecular formula is C12H16OS. The highest BCUT2D eigenvalue weighted by Crippen LogP contribution is 2.23. The summed E-state index contributed by atoms with van der Waals surface area (Å²) in [6, 6.07) is 7.81. The summed E-state index contributed by atoms with van der Waals surface area (Å²) in [6.07, 6.45) is 2.91. The lowest BCUT2D eigenvalue weighted by atomic mass is 9.97. The van der Waals surface area contributed by atoms with E-state index in [9.17, 15) is 4.79 Å². The topological polar surface area (TPSA) is 17.1 Å². The van der Waals surface area contributed by atoms with Gasteiger partial charge in [0.1, 0.15) is 0 Å². The Labute approximate surface area is 89.9 Å². The Bertz CT molecular complexity index is 320. The molecule has 76 valence electrons. The molecule has 0 N–H and O–H groups in total. The van der Waals surface area contributed by atoms with Crippen LogP contribution in [-0.4, -0.2) is 12.0 Å². The minimum atomic E-state index is 0.128. The van der Waals surface area contributed by atoms with Gasteiger partial charge in [0.2, 0.25) is 0 Å². The standard InChI is InChI=1S/C12H16OS/c1-4-9(2)12(13)10-7-5-6-8-11(10)14-3/h5-9H,4H2,1-3H3. The minimum Gasteiger partial charge on any atom is -0.294 e. The van der Waals surface area contributed by atoms with E-state index in [1.807, 2.05) is 44.4 Å². The Hall–Kier alpha value is -0.760. The molecular weight excluding hydrogens is 192 g/mol. The average molecular weight is 208 g/mol. The van der Waals surface area contributed by atoms with Gasteiger partial charge in [-0.05, 0) is 18.7 Å². The SMILES string of the molecule is CCC(C)C(=O)c1ccccc1SC. The second-order valence-electron chi connectivity index (χ2n) is 3.37. The van der Waals surface area contributed by atoms with Gasteiger partial charge in [-0.2, -0.15) is 0 Å². The third-order valence-corrected chi connectivity index (χ3v) is 3.23. The molecule has 0 radical (unpaired) electrons. The van der Waals surface area contributed by atoms with Gasteiger partial charge in [0.05, 0.1) is 0 Å². The van der Waals surface area contributed by atoms with Crippen LogP contribution in [0.3, 0.4) is 0 Å². The zero-order valence-electron chi connectivity index (χ0n) is 8.91. The first-order chi connectivity index (χ1) is 6.70. The summed E-state index contributed by atoms with van der Waals surface area (Å²) in [6.45, 7) is 4.03. The maximum atomic E-state index is 11.9. The first-order valence-electron chi connectivity index (χ1n) is 4.88. The fourth-order valence-electron chi connectivity index (χ4n) is 1.30. The second kappa shape index (κ2) is 5.20. The largest absolute Gasteiger partial charge is 0.294 e. The molecule has 1 atom stereocenters. The number of Topliss-reactive ketones (excluding diaryl/α,β-unsaturated/α-hetero) is 1. The van der Waals surface area contributed by atoms with E-state index in [1.54, 1.807) is 11.8 Å². The molecule has 0 saturated carbocycles. The number of carbonyl (C=O) groups is 1. The van der Waals surface area contributed by atoms with Crippen molar-refractivity contribution in [3.8, 4) is 0 Å². The van der Waals surface area contributed by atoms with Gasteiger partial charge in [-0.3, -0.25) is 4.79 Å². The molecule has 1 aromatic carbocycles. The minimum absolute atomic E-state index is 0.128. The van der Waals surface area contributed by atoms with Gasteiger partial charge >= 0.3 is 0 Å². The number of hydrogen-bond acceptors (Lipinski definition) is 2. The number of carbonyl (C=O) groups excluding carboxylic acids is 1. The number of ketones is 1. The summed E-state index contributed by atoms with van der Waals surface area (Å²) in [4.78, 5) is 13.0. The molecule has 14 heavy (non-hydrogen) atoms. The normalized spacial score (nSPS) is 12.5. The number of hydrogen-bond donors (Lipinski definition) is 0. The Balaban J connectivity index is 3.00. The Morgan fingerprint density at radius 2 is 2.07 bits per heavy atom. The average Bonchev–Trinajstić information content (AvgIpc) is 2.26. The second-order valence-corrected chi connectivity index (χ2v) is 4.22. The van der Waals surface area contributed by atoms with Crippen LogP contribution >= 0.6 is 11.8 Å². The summed E-state index contributed by atoms with van der Waals surface area (Å²) in [7, 11) is 0. The highest BCUT2D eigenvalue weighted by molar-refractivity contribution is 7.98. The van der Waals surface area contributed by atoms with Crippen molar-refractivity contribution in [3.05, 3.63) is 29.8 Å². The van der Waals surface area contributed by atoms with E-state index >= 15 is 0 Å². The predicted octanol–water partition coefficient (Wildman–Crippen LogP) is 3.64. The molecule has 0 amide bonds. The smallest absolute Gasteiger partial charge is 0.166 e. The summed E-state index contributed by atoms with van der Waals surface area (Å²) < 4.78 is 0. The van der Waals surface area contributed by atoms with Crippen LogP contribution in [0.1, 0.15) is 30.6 Å². The summed E-state index contributed by atoms with van der Waals surface area (Å²) >= 11 is 1.63. The van der Waals surface area contributed by atoms with E-state index in [0.29, 0.717) is 0 Å². The molecule has 2 heteroatoms. The van der Waals surface area contributed by atoms with Gasteiger partial charge in [0.15, 0.2) is 5.78 Å². The number of thioether (sulfide) groups is 1. The van der Waals surface area contributed by atoms with Crippen LogP contribution in [0, 0.1) is 5.92 Å². The third kappa shape index (κ3) is 2.38. The van der Waals surface area contributed by atoms with E-state index in [2.05, 4.69) is 0 Å². The van der Waals surface area contributed by atoms with Crippen LogP contribution in [0.25, 0.3) is 0 Å². The van der Waals surface area contributed by atoms with Gasteiger partial charge in [0, 0.05) is 16.4 Å². The van der Waals surface area contributed by atoms with Gasteiger partial charge in [0.25, 0.3) is 0 Å². The zero-order valence-corrected chi connectivity index (χ0v) is 9.73. The lowest BCUT2D eigenvalue weighted by molar-refractivity contribution is 0.0924. The molecule has 1 rings (SSSR count). The van der Waals surface area contributed by atoms with Crippen LogP contribution in [0.5, 0.6) is 0 Å². The molecule has 0 aromatic heterocycles. The molecule has 0 fully saturated rings. The van der Waals surface area contributed by atoms with Gasteiger partial charge in [-0.25, -0.2) is 0 Å². The van der Waals surface area contributed by atoms with E-state index in [1.165, 1.54) is 0 Å². The van der Waals surface area contributed by atoms with Crippen molar-refractivity contribution < 1.29 is 4.79 Å². The van der Waals surface area contributed by atoms with Crippen LogP contribution in [-0.2, 0) is 0 Å². The lowest BCUT2D eigenvalue weighted by Crippen LogP contribution is -2.11.